The van der Waals surface area contributed by atoms with Crippen LogP contribution in [0, 0.1) is 5.92 Å². The number of nitrogens with zero attached hydrogens (tertiary/aromatic N) is 2. The Hall–Kier alpha value is -1.09. The minimum Gasteiger partial charge on any atom is -0.373 e. The topological polar surface area (TPSA) is 28.2 Å². The number of anilines is 1. The van der Waals surface area contributed by atoms with Gasteiger partial charge in [-0.1, -0.05) is 33.3 Å². The molecule has 0 fully saturated rings. The van der Waals surface area contributed by atoms with E-state index in [-0.39, 0.29) is 0 Å². The normalized spacial score (nSPS) is 12.8. The van der Waals surface area contributed by atoms with E-state index in [4.69, 9.17) is 0 Å². The van der Waals surface area contributed by atoms with Gasteiger partial charge < -0.3 is 5.32 Å². The lowest BCUT2D eigenvalue weighted by molar-refractivity contribution is 0.235. The molecule has 1 aromatic rings. The van der Waals surface area contributed by atoms with Gasteiger partial charge in [0.25, 0.3) is 0 Å². The van der Waals surface area contributed by atoms with Crippen LogP contribution in [0.4, 0.5) is 5.82 Å². The minimum absolute atomic E-state index is 0.752. The quantitative estimate of drug-likeness (QED) is 0.787. The van der Waals surface area contributed by atoms with Gasteiger partial charge in [0.05, 0.1) is 5.69 Å². The molecule has 0 aliphatic heterocycles. The molecule has 1 N–H and O–H groups in total. The Morgan fingerprint density at radius 3 is 2.71 bits per heavy atom. The second-order valence-corrected chi connectivity index (χ2v) is 4.61. The first-order chi connectivity index (χ1) is 8.19. The van der Waals surface area contributed by atoms with Crippen molar-refractivity contribution in [3.05, 3.63) is 23.9 Å². The van der Waals surface area contributed by atoms with Crippen molar-refractivity contribution >= 4 is 5.82 Å². The van der Waals surface area contributed by atoms with Gasteiger partial charge in [-0.05, 0) is 24.6 Å². The van der Waals surface area contributed by atoms with Crippen LogP contribution in [0.15, 0.2) is 18.2 Å². The zero-order valence-corrected chi connectivity index (χ0v) is 11.5. The van der Waals surface area contributed by atoms with Crippen LogP contribution in [-0.2, 0) is 6.54 Å². The van der Waals surface area contributed by atoms with Gasteiger partial charge in [-0.25, -0.2) is 4.98 Å². The molecule has 0 aliphatic rings. The number of rotatable bonds is 7. The van der Waals surface area contributed by atoms with Gasteiger partial charge >= 0.3 is 0 Å². The van der Waals surface area contributed by atoms with E-state index in [0.717, 1.165) is 37.1 Å². The second-order valence-electron chi connectivity index (χ2n) is 4.61. The largest absolute Gasteiger partial charge is 0.373 e. The predicted octanol–water partition coefficient (Wildman–Crippen LogP) is 2.99. The van der Waals surface area contributed by atoms with E-state index in [2.05, 4.69) is 48.1 Å². The van der Waals surface area contributed by atoms with Crippen LogP contribution < -0.4 is 5.32 Å². The summed E-state index contributed by atoms with van der Waals surface area (Å²) in [5, 5.41) is 3.08. The van der Waals surface area contributed by atoms with E-state index in [1.807, 2.05) is 13.1 Å². The van der Waals surface area contributed by atoms with E-state index in [9.17, 15) is 0 Å². The third-order valence-corrected chi connectivity index (χ3v) is 3.16. The summed E-state index contributed by atoms with van der Waals surface area (Å²) in [6, 6.07) is 6.15. The van der Waals surface area contributed by atoms with Gasteiger partial charge in [0.1, 0.15) is 5.82 Å². The predicted molar refractivity (Wildman–Crippen MR) is 74.2 cm³/mol. The monoisotopic (exact) mass is 235 g/mol. The third-order valence-electron chi connectivity index (χ3n) is 3.16. The smallest absolute Gasteiger partial charge is 0.126 e. The molecule has 1 aromatic heterocycles. The van der Waals surface area contributed by atoms with Crippen LogP contribution in [0.25, 0.3) is 0 Å². The summed E-state index contributed by atoms with van der Waals surface area (Å²) >= 11 is 0. The lowest BCUT2D eigenvalue weighted by Gasteiger charge is -2.23. The number of hydrogen-bond donors (Lipinski definition) is 1. The molecule has 17 heavy (non-hydrogen) atoms. The molecular formula is C14H25N3. The second kappa shape index (κ2) is 7.28. The highest BCUT2D eigenvalue weighted by Gasteiger charge is 2.08. The Kier molecular flexibility index (Phi) is 5.98. The summed E-state index contributed by atoms with van der Waals surface area (Å²) < 4.78 is 0. The van der Waals surface area contributed by atoms with Crippen LogP contribution in [0.3, 0.4) is 0 Å². The Labute approximate surface area is 105 Å². The van der Waals surface area contributed by atoms with Gasteiger partial charge in [0.2, 0.25) is 0 Å². The van der Waals surface area contributed by atoms with E-state index >= 15 is 0 Å². The summed E-state index contributed by atoms with van der Waals surface area (Å²) in [6.45, 7) is 9.94. The first kappa shape index (κ1) is 14.0. The maximum absolute atomic E-state index is 4.56. The van der Waals surface area contributed by atoms with Crippen molar-refractivity contribution in [2.24, 2.45) is 5.92 Å². The Morgan fingerprint density at radius 1 is 1.35 bits per heavy atom. The van der Waals surface area contributed by atoms with Crippen molar-refractivity contribution in [1.82, 2.24) is 9.88 Å². The van der Waals surface area contributed by atoms with Crippen LogP contribution >= 0.6 is 0 Å². The zero-order valence-electron chi connectivity index (χ0n) is 11.5. The highest BCUT2D eigenvalue weighted by Crippen LogP contribution is 2.10. The molecule has 1 unspecified atom stereocenters. The molecular weight excluding hydrogens is 210 g/mol. The maximum Gasteiger partial charge on any atom is 0.126 e. The zero-order chi connectivity index (χ0) is 12.7. The fourth-order valence-corrected chi connectivity index (χ4v) is 1.81. The lowest BCUT2D eigenvalue weighted by Crippen LogP contribution is -2.28. The molecule has 1 atom stereocenters. The number of nitrogens with one attached hydrogen (secondary N) is 1. The summed E-state index contributed by atoms with van der Waals surface area (Å²) in [5.41, 5.74) is 1.14. The highest BCUT2D eigenvalue weighted by molar-refractivity contribution is 5.34. The van der Waals surface area contributed by atoms with Crippen LogP contribution in [0.2, 0.25) is 0 Å². The standard InChI is InChI=1S/C14H25N3/c1-5-12(3)10-17(6-2)11-13-8-7-9-14(15-4)16-13/h7-9,12H,5-6,10-11H2,1-4H3,(H,15,16). The minimum atomic E-state index is 0.752. The van der Waals surface area contributed by atoms with Crippen molar-refractivity contribution in [3.63, 3.8) is 0 Å². The fourth-order valence-electron chi connectivity index (χ4n) is 1.81. The van der Waals surface area contributed by atoms with Gasteiger partial charge in [0.15, 0.2) is 0 Å². The third kappa shape index (κ3) is 4.73. The average Bonchev–Trinajstić information content (AvgIpc) is 2.37. The van der Waals surface area contributed by atoms with Crippen LogP contribution in [0.5, 0.6) is 0 Å². The van der Waals surface area contributed by atoms with Crippen molar-refractivity contribution in [3.8, 4) is 0 Å². The van der Waals surface area contributed by atoms with Crippen molar-refractivity contribution in [2.45, 2.75) is 33.7 Å². The molecule has 0 spiro atoms. The SMILES string of the molecule is CCC(C)CN(CC)Cc1cccc(NC)n1. The maximum atomic E-state index is 4.56. The molecule has 0 aromatic carbocycles. The first-order valence-corrected chi connectivity index (χ1v) is 6.55. The number of hydrogen-bond acceptors (Lipinski definition) is 3. The van der Waals surface area contributed by atoms with E-state index in [1.54, 1.807) is 0 Å². The van der Waals surface area contributed by atoms with Gasteiger partial charge in [-0.3, -0.25) is 4.90 Å². The van der Waals surface area contributed by atoms with Crippen LogP contribution in [-0.4, -0.2) is 30.0 Å². The highest BCUT2D eigenvalue weighted by atomic mass is 15.1. The average molecular weight is 235 g/mol. The van der Waals surface area contributed by atoms with E-state index < -0.39 is 0 Å². The van der Waals surface area contributed by atoms with Crippen molar-refractivity contribution < 1.29 is 0 Å². The molecule has 3 heteroatoms. The molecule has 0 radical (unpaired) electrons. The van der Waals surface area contributed by atoms with Crippen molar-refractivity contribution in [1.29, 1.82) is 0 Å². The molecule has 0 amide bonds. The summed E-state index contributed by atoms with van der Waals surface area (Å²) in [6.07, 6.45) is 1.24. The summed E-state index contributed by atoms with van der Waals surface area (Å²) in [4.78, 5) is 7.01. The van der Waals surface area contributed by atoms with E-state index in [1.165, 1.54) is 6.42 Å². The molecule has 0 saturated heterocycles. The molecule has 0 bridgehead atoms. The van der Waals surface area contributed by atoms with Crippen LogP contribution in [0.1, 0.15) is 32.9 Å². The Morgan fingerprint density at radius 2 is 2.12 bits per heavy atom. The Balaban J connectivity index is 2.60. The summed E-state index contributed by atoms with van der Waals surface area (Å²) in [7, 11) is 1.91. The van der Waals surface area contributed by atoms with Gasteiger partial charge in [-0.2, -0.15) is 0 Å². The molecule has 3 nitrogen and oxygen atoms in total. The molecule has 1 rings (SSSR count). The van der Waals surface area contributed by atoms with Crippen molar-refractivity contribution in [2.75, 3.05) is 25.5 Å². The number of aromatic nitrogens is 1. The molecule has 0 aliphatic carbocycles. The number of pyridine rings is 1. The fraction of sp³-hybridized carbons (Fsp3) is 0.643. The molecule has 0 saturated carbocycles. The molecule has 96 valence electrons. The van der Waals surface area contributed by atoms with E-state index in [0.29, 0.717) is 0 Å². The van der Waals surface area contributed by atoms with Gasteiger partial charge in [0, 0.05) is 20.1 Å². The van der Waals surface area contributed by atoms with Gasteiger partial charge in [-0.15, -0.1) is 0 Å². The molecule has 1 heterocycles. The summed E-state index contributed by atoms with van der Waals surface area (Å²) in [5.74, 6) is 1.70. The lowest BCUT2D eigenvalue weighted by atomic mass is 10.1. The Bertz CT molecular complexity index is 325. The first-order valence-electron chi connectivity index (χ1n) is 6.55.